The molecule has 0 radical (unpaired) electrons. The van der Waals surface area contributed by atoms with Gasteiger partial charge in [0.2, 0.25) is 0 Å². The summed E-state index contributed by atoms with van der Waals surface area (Å²) in [6.07, 6.45) is 12.1. The first-order valence-electron chi connectivity index (χ1n) is 7.78. The van der Waals surface area contributed by atoms with Gasteiger partial charge in [-0.25, -0.2) is 0 Å². The van der Waals surface area contributed by atoms with Gasteiger partial charge >= 0.3 is 26.2 Å². The maximum absolute atomic E-state index is 2.35. The average Bonchev–Trinajstić information content (AvgIpc) is 3.14. The van der Waals surface area contributed by atoms with Crippen molar-refractivity contribution in [2.45, 2.75) is 25.7 Å². The summed E-state index contributed by atoms with van der Waals surface area (Å²) < 4.78 is 0. The van der Waals surface area contributed by atoms with Crippen molar-refractivity contribution in [1.82, 2.24) is 0 Å². The monoisotopic (exact) mass is 384 g/mol. The first-order valence-corrected chi connectivity index (χ1v) is 10.0. The Morgan fingerprint density at radius 3 is 2.64 bits per heavy atom. The zero-order valence-electron chi connectivity index (χ0n) is 13.5. The van der Waals surface area contributed by atoms with E-state index in [4.69, 9.17) is 0 Å². The molecule has 0 amide bonds. The van der Waals surface area contributed by atoms with E-state index in [9.17, 15) is 0 Å². The molecule has 0 fully saturated rings. The molecule has 0 heterocycles. The maximum Gasteiger partial charge on any atom is 2.00 e. The van der Waals surface area contributed by atoms with Gasteiger partial charge in [0.15, 0.2) is 0 Å². The Labute approximate surface area is 154 Å². The molecule has 2 aliphatic carbocycles. The molecule has 0 N–H and O–H groups in total. The van der Waals surface area contributed by atoms with Crippen LogP contribution < -0.4 is 5.30 Å². The zero-order chi connectivity index (χ0) is 14.7. The normalized spacial score (nSPS) is 16.0. The van der Waals surface area contributed by atoms with Crippen molar-refractivity contribution in [1.29, 1.82) is 0 Å². The first kappa shape index (κ1) is 17.8. The Kier molecular flexibility index (Phi) is 6.79. The minimum atomic E-state index is 0. The predicted molar refractivity (Wildman–Crippen MR) is 96.9 cm³/mol. The van der Waals surface area contributed by atoms with Crippen LogP contribution in [-0.4, -0.2) is 13.3 Å². The number of allylic oxidation sites excluding steroid dienone is 4. The molecule has 0 unspecified atom stereocenters. The van der Waals surface area contributed by atoms with E-state index in [-0.39, 0.29) is 34.1 Å². The molecule has 0 aromatic heterocycles. The van der Waals surface area contributed by atoms with Crippen LogP contribution in [0, 0.1) is 6.42 Å². The van der Waals surface area contributed by atoms with Crippen LogP contribution in [-0.2, 0) is 26.2 Å². The molecule has 0 bridgehead atoms. The second-order valence-electron chi connectivity index (χ2n) is 5.98. The van der Waals surface area contributed by atoms with Gasteiger partial charge in [-0.3, -0.25) is 0 Å². The molecule has 22 heavy (non-hydrogen) atoms. The smallest absolute Gasteiger partial charge is 0.193 e. The van der Waals surface area contributed by atoms with E-state index in [2.05, 4.69) is 68.3 Å². The Bertz CT molecular complexity index is 643. The van der Waals surface area contributed by atoms with Crippen molar-refractivity contribution in [2.24, 2.45) is 0 Å². The van der Waals surface area contributed by atoms with Crippen LogP contribution >= 0.6 is 7.92 Å². The molecule has 0 atom stereocenters. The van der Waals surface area contributed by atoms with E-state index in [0.29, 0.717) is 0 Å². The summed E-state index contributed by atoms with van der Waals surface area (Å²) in [5.41, 5.74) is 3.22. The van der Waals surface area contributed by atoms with Crippen LogP contribution in [0.4, 0.5) is 0 Å². The van der Waals surface area contributed by atoms with E-state index in [0.717, 1.165) is 0 Å². The molecule has 0 saturated carbocycles. The van der Waals surface area contributed by atoms with Gasteiger partial charge in [-0.05, 0) is 13.3 Å². The Hall–Kier alpha value is -0.507. The third-order valence-electron chi connectivity index (χ3n) is 4.25. The van der Waals surface area contributed by atoms with Crippen LogP contribution in [0.2, 0.25) is 0 Å². The third-order valence-corrected chi connectivity index (χ3v) is 5.54. The molecule has 112 valence electrons. The molecule has 0 saturated heterocycles. The van der Waals surface area contributed by atoms with Crippen molar-refractivity contribution in [2.75, 3.05) is 13.3 Å². The van der Waals surface area contributed by atoms with Crippen LogP contribution in [0.15, 0.2) is 59.7 Å². The van der Waals surface area contributed by atoms with Crippen molar-refractivity contribution in [3.8, 4) is 0 Å². The largest absolute Gasteiger partial charge is 2.00 e. The molecule has 0 nitrogen and oxygen atoms in total. The second kappa shape index (κ2) is 8.37. The van der Waals surface area contributed by atoms with Crippen LogP contribution in [0.5, 0.6) is 0 Å². The fourth-order valence-electron chi connectivity index (χ4n) is 3.01. The maximum atomic E-state index is 2.35. The van der Waals surface area contributed by atoms with E-state index in [1.807, 2.05) is 0 Å². The summed E-state index contributed by atoms with van der Waals surface area (Å²) >= 11 is 0. The Morgan fingerprint density at radius 2 is 1.91 bits per heavy atom. The van der Waals surface area contributed by atoms with Crippen molar-refractivity contribution in [3.63, 3.8) is 0 Å². The van der Waals surface area contributed by atoms with Gasteiger partial charge in [-0.15, -0.1) is 54.3 Å². The summed E-state index contributed by atoms with van der Waals surface area (Å²) in [6, 6.07) is 13.2. The van der Waals surface area contributed by atoms with Crippen LogP contribution in [0.3, 0.4) is 0 Å². The number of benzene rings is 1. The van der Waals surface area contributed by atoms with E-state index in [1.54, 1.807) is 5.57 Å². The summed E-state index contributed by atoms with van der Waals surface area (Å²) in [5, 5.41) is 4.26. The summed E-state index contributed by atoms with van der Waals surface area (Å²) in [6.45, 7) is 4.59. The number of hydrogen-bond donors (Lipinski definition) is 0. The Balaban J connectivity index is 0.000000159. The van der Waals surface area contributed by atoms with Gasteiger partial charge in [0.25, 0.3) is 0 Å². The minimum Gasteiger partial charge on any atom is -0.193 e. The molecule has 2 aromatic carbocycles. The summed E-state index contributed by atoms with van der Waals surface area (Å²) in [7, 11) is 0.0576. The first-order chi connectivity index (χ1) is 10.2. The van der Waals surface area contributed by atoms with Crippen molar-refractivity contribution >= 4 is 24.0 Å². The summed E-state index contributed by atoms with van der Waals surface area (Å²) in [5.74, 6) is 0. The quantitative estimate of drug-likeness (QED) is 0.446. The average molecular weight is 386 g/mol. The number of rotatable bonds is 1. The second-order valence-corrected chi connectivity index (χ2v) is 8.28. The molecular formula is C20H23PZr. The molecular weight excluding hydrogens is 362 g/mol. The van der Waals surface area contributed by atoms with Gasteiger partial charge < -0.3 is 0 Å². The van der Waals surface area contributed by atoms with Crippen molar-refractivity contribution in [3.05, 3.63) is 66.1 Å². The van der Waals surface area contributed by atoms with Gasteiger partial charge in [-0.2, -0.15) is 29.7 Å². The molecule has 0 aliphatic heterocycles. The van der Waals surface area contributed by atoms with E-state index in [1.165, 1.54) is 47.3 Å². The number of fused-ring (bicyclic) bond motifs is 1. The fourth-order valence-corrected chi connectivity index (χ4v) is 3.80. The van der Waals surface area contributed by atoms with E-state index >= 15 is 0 Å². The van der Waals surface area contributed by atoms with E-state index < -0.39 is 0 Å². The summed E-state index contributed by atoms with van der Waals surface area (Å²) in [4.78, 5) is 0. The zero-order valence-corrected chi connectivity index (χ0v) is 16.8. The molecule has 0 spiro atoms. The van der Waals surface area contributed by atoms with Gasteiger partial charge in [0, 0.05) is 0 Å². The number of hydrogen-bond acceptors (Lipinski definition) is 0. The molecule has 2 heteroatoms. The van der Waals surface area contributed by atoms with Crippen LogP contribution in [0.1, 0.15) is 25.7 Å². The predicted octanol–water partition coefficient (Wildman–Crippen LogP) is 5.55. The Morgan fingerprint density at radius 1 is 1.09 bits per heavy atom. The topological polar surface area (TPSA) is 0 Å². The van der Waals surface area contributed by atoms with Gasteiger partial charge in [0.05, 0.1) is 0 Å². The SMILES string of the molecule is C1=CC2=C(CC1)CC[CH-]2.CP(C)c1cc2ccccc2[cH-]1.[Zr+2]. The molecule has 4 rings (SSSR count). The standard InChI is InChI=1S/C11H12P.C9H11.Zr/c1-12(2)11-7-9-5-3-4-6-10(9)8-11;1-2-5-9-7-3-6-8(9)4-1;/h3-8H,1-2H3;1,4,6H,2-3,5,7H2;/q2*-1;+2. The molecule has 2 aromatic rings. The molecule has 2 aliphatic rings. The van der Waals surface area contributed by atoms with Gasteiger partial charge in [0.1, 0.15) is 0 Å². The van der Waals surface area contributed by atoms with Crippen LogP contribution in [0.25, 0.3) is 10.8 Å². The van der Waals surface area contributed by atoms with Crippen molar-refractivity contribution < 1.29 is 26.2 Å². The third kappa shape index (κ3) is 4.27. The van der Waals surface area contributed by atoms with Gasteiger partial charge in [-0.1, -0.05) is 31.7 Å². The minimum absolute atomic E-state index is 0. The fraction of sp³-hybridized carbons (Fsp3) is 0.300.